The molecule has 0 aliphatic carbocycles. The second-order valence-corrected chi connectivity index (χ2v) is 4.44. The highest BCUT2D eigenvalue weighted by Crippen LogP contribution is 2.33. The van der Waals surface area contributed by atoms with E-state index >= 15 is 0 Å². The van der Waals surface area contributed by atoms with Gasteiger partial charge in [0.1, 0.15) is 11.5 Å². The molecule has 1 aromatic carbocycles. The lowest BCUT2D eigenvalue weighted by Gasteiger charge is -2.12. The molecule has 0 amide bonds. The fraction of sp³-hybridized carbons (Fsp3) is 0.500. The van der Waals surface area contributed by atoms with Crippen LogP contribution >= 0.6 is 0 Å². The molecule has 0 atom stereocenters. The van der Waals surface area contributed by atoms with Crippen LogP contribution in [-0.4, -0.2) is 24.1 Å². The molecule has 1 aliphatic heterocycles. The normalized spacial score (nSPS) is 14.2. The highest BCUT2D eigenvalue weighted by molar-refractivity contribution is 6.01. The number of oxime groups is 1. The van der Waals surface area contributed by atoms with E-state index in [2.05, 4.69) is 12.1 Å². The standard InChI is InChI=1S/C14H19NO3/c1-3-4-6-17-14-8-11-5-7-18-13(11)9-12(14)10(2)15-16/h8-9,16H,3-7H2,1-2H3/b15-10+. The Morgan fingerprint density at radius 2 is 2.33 bits per heavy atom. The van der Waals surface area contributed by atoms with Crippen LogP contribution in [0.15, 0.2) is 17.3 Å². The van der Waals surface area contributed by atoms with Crippen molar-refractivity contribution < 1.29 is 14.7 Å². The zero-order chi connectivity index (χ0) is 13.0. The van der Waals surface area contributed by atoms with Crippen molar-refractivity contribution in [2.45, 2.75) is 33.1 Å². The first kappa shape index (κ1) is 12.7. The molecule has 1 N–H and O–H groups in total. The van der Waals surface area contributed by atoms with Crippen molar-refractivity contribution in [3.05, 3.63) is 23.3 Å². The van der Waals surface area contributed by atoms with Gasteiger partial charge >= 0.3 is 0 Å². The summed E-state index contributed by atoms with van der Waals surface area (Å²) in [6.07, 6.45) is 3.02. The lowest BCUT2D eigenvalue weighted by Crippen LogP contribution is -2.04. The van der Waals surface area contributed by atoms with Gasteiger partial charge in [0.2, 0.25) is 0 Å². The zero-order valence-electron chi connectivity index (χ0n) is 10.9. The molecule has 0 fully saturated rings. The number of benzene rings is 1. The Bertz CT molecular complexity index is 455. The van der Waals surface area contributed by atoms with E-state index < -0.39 is 0 Å². The molecule has 0 spiro atoms. The molecule has 0 bridgehead atoms. The topological polar surface area (TPSA) is 51.0 Å². The third-order valence-corrected chi connectivity index (χ3v) is 3.09. The number of hydrogen-bond acceptors (Lipinski definition) is 4. The Morgan fingerprint density at radius 3 is 3.06 bits per heavy atom. The smallest absolute Gasteiger partial charge is 0.129 e. The van der Waals surface area contributed by atoms with E-state index in [4.69, 9.17) is 14.7 Å². The van der Waals surface area contributed by atoms with Crippen molar-refractivity contribution >= 4 is 5.71 Å². The minimum atomic E-state index is 0.541. The van der Waals surface area contributed by atoms with E-state index in [9.17, 15) is 0 Å². The minimum absolute atomic E-state index is 0.541. The monoisotopic (exact) mass is 249 g/mol. The third-order valence-electron chi connectivity index (χ3n) is 3.09. The van der Waals surface area contributed by atoms with Crippen LogP contribution in [0, 0.1) is 0 Å². The Labute approximate surface area is 107 Å². The Hall–Kier alpha value is -1.71. The summed E-state index contributed by atoms with van der Waals surface area (Å²) >= 11 is 0. The van der Waals surface area contributed by atoms with Crippen LogP contribution in [0.2, 0.25) is 0 Å². The third kappa shape index (κ3) is 2.58. The molecular formula is C14H19NO3. The van der Waals surface area contributed by atoms with Crippen LogP contribution < -0.4 is 9.47 Å². The van der Waals surface area contributed by atoms with Crippen molar-refractivity contribution in [1.82, 2.24) is 0 Å². The molecule has 1 heterocycles. The molecule has 1 aromatic rings. The molecule has 0 saturated heterocycles. The molecule has 18 heavy (non-hydrogen) atoms. The van der Waals surface area contributed by atoms with Gasteiger partial charge in [-0.05, 0) is 25.5 Å². The molecule has 0 saturated carbocycles. The van der Waals surface area contributed by atoms with Crippen LogP contribution in [0.1, 0.15) is 37.8 Å². The average Bonchev–Trinajstić information content (AvgIpc) is 2.84. The summed E-state index contributed by atoms with van der Waals surface area (Å²) in [6.45, 7) is 5.27. The number of hydrogen-bond donors (Lipinski definition) is 1. The maximum atomic E-state index is 8.92. The van der Waals surface area contributed by atoms with Crippen molar-refractivity contribution in [2.24, 2.45) is 5.16 Å². The first-order chi connectivity index (χ1) is 8.76. The van der Waals surface area contributed by atoms with Gasteiger partial charge in [0.25, 0.3) is 0 Å². The van der Waals surface area contributed by atoms with E-state index in [1.54, 1.807) is 6.92 Å². The van der Waals surface area contributed by atoms with Crippen LogP contribution in [0.5, 0.6) is 11.5 Å². The molecule has 2 rings (SSSR count). The second kappa shape index (κ2) is 5.76. The predicted molar refractivity (Wildman–Crippen MR) is 70.0 cm³/mol. The highest BCUT2D eigenvalue weighted by atomic mass is 16.5. The predicted octanol–water partition coefficient (Wildman–Crippen LogP) is 3.00. The fourth-order valence-electron chi connectivity index (χ4n) is 1.99. The lowest BCUT2D eigenvalue weighted by atomic mass is 10.1. The Balaban J connectivity index is 2.29. The maximum absolute atomic E-state index is 8.92. The Kier molecular flexibility index (Phi) is 4.07. The number of unbranched alkanes of at least 4 members (excludes halogenated alkanes) is 1. The van der Waals surface area contributed by atoms with Gasteiger partial charge in [0.05, 0.1) is 18.9 Å². The van der Waals surface area contributed by atoms with Crippen molar-refractivity contribution in [2.75, 3.05) is 13.2 Å². The van der Waals surface area contributed by atoms with Gasteiger partial charge < -0.3 is 14.7 Å². The van der Waals surface area contributed by atoms with E-state index in [1.807, 2.05) is 12.1 Å². The molecule has 0 radical (unpaired) electrons. The van der Waals surface area contributed by atoms with Gasteiger partial charge in [-0.3, -0.25) is 0 Å². The number of rotatable bonds is 5. The van der Waals surface area contributed by atoms with E-state index in [-0.39, 0.29) is 0 Å². The van der Waals surface area contributed by atoms with Gasteiger partial charge in [-0.25, -0.2) is 0 Å². The Morgan fingerprint density at radius 1 is 1.50 bits per heavy atom. The second-order valence-electron chi connectivity index (χ2n) is 4.44. The van der Waals surface area contributed by atoms with Gasteiger partial charge in [-0.15, -0.1) is 0 Å². The summed E-state index contributed by atoms with van der Waals surface area (Å²) in [4.78, 5) is 0. The largest absolute Gasteiger partial charge is 0.493 e. The first-order valence-electron chi connectivity index (χ1n) is 6.37. The SMILES string of the molecule is CCCCOc1cc2c(cc1/C(C)=N/O)OCC2. The molecule has 4 nitrogen and oxygen atoms in total. The van der Waals surface area contributed by atoms with Crippen LogP contribution in [-0.2, 0) is 6.42 Å². The van der Waals surface area contributed by atoms with Crippen molar-refractivity contribution in [1.29, 1.82) is 0 Å². The van der Waals surface area contributed by atoms with E-state index in [0.29, 0.717) is 18.9 Å². The lowest BCUT2D eigenvalue weighted by molar-refractivity contribution is 0.305. The molecule has 0 aromatic heterocycles. The summed E-state index contributed by atoms with van der Waals surface area (Å²) in [5.74, 6) is 1.65. The summed E-state index contributed by atoms with van der Waals surface area (Å²) in [5, 5.41) is 12.2. The molecule has 0 unspecified atom stereocenters. The fourth-order valence-corrected chi connectivity index (χ4v) is 1.99. The van der Waals surface area contributed by atoms with Gasteiger partial charge in [0.15, 0.2) is 0 Å². The molecule has 4 heteroatoms. The number of nitrogens with zero attached hydrogens (tertiary/aromatic N) is 1. The van der Waals surface area contributed by atoms with Crippen LogP contribution in [0.3, 0.4) is 0 Å². The van der Waals surface area contributed by atoms with Gasteiger partial charge in [-0.1, -0.05) is 18.5 Å². The summed E-state index contributed by atoms with van der Waals surface area (Å²) < 4.78 is 11.3. The minimum Gasteiger partial charge on any atom is -0.493 e. The number of fused-ring (bicyclic) bond motifs is 1. The maximum Gasteiger partial charge on any atom is 0.129 e. The molecule has 98 valence electrons. The van der Waals surface area contributed by atoms with Crippen LogP contribution in [0.4, 0.5) is 0 Å². The average molecular weight is 249 g/mol. The molecular weight excluding hydrogens is 230 g/mol. The quantitative estimate of drug-likeness (QED) is 0.378. The van der Waals surface area contributed by atoms with Gasteiger partial charge in [-0.2, -0.15) is 0 Å². The summed E-state index contributed by atoms with van der Waals surface area (Å²) in [5.41, 5.74) is 2.50. The van der Waals surface area contributed by atoms with E-state index in [0.717, 1.165) is 41.9 Å². The number of ether oxygens (including phenoxy) is 2. The van der Waals surface area contributed by atoms with E-state index in [1.165, 1.54) is 0 Å². The van der Waals surface area contributed by atoms with Gasteiger partial charge in [0, 0.05) is 17.5 Å². The first-order valence-corrected chi connectivity index (χ1v) is 6.37. The van der Waals surface area contributed by atoms with Crippen molar-refractivity contribution in [3.8, 4) is 11.5 Å². The van der Waals surface area contributed by atoms with Crippen molar-refractivity contribution in [3.63, 3.8) is 0 Å². The van der Waals surface area contributed by atoms with Crippen LogP contribution in [0.25, 0.3) is 0 Å². The summed E-state index contributed by atoms with van der Waals surface area (Å²) in [7, 11) is 0. The summed E-state index contributed by atoms with van der Waals surface area (Å²) in [6, 6.07) is 3.90. The zero-order valence-corrected chi connectivity index (χ0v) is 10.9. The highest BCUT2D eigenvalue weighted by Gasteiger charge is 2.18. The molecule has 1 aliphatic rings.